The Morgan fingerprint density at radius 2 is 2.08 bits per heavy atom. The van der Waals surface area contributed by atoms with Crippen LogP contribution >= 0.6 is 23.1 Å². The molecule has 1 aromatic heterocycles. The van der Waals surface area contributed by atoms with Crippen molar-refractivity contribution in [2.45, 2.75) is 36.6 Å². The summed E-state index contributed by atoms with van der Waals surface area (Å²) in [5.41, 5.74) is -0.389. The maximum Gasteiger partial charge on any atom is 0.250 e. The summed E-state index contributed by atoms with van der Waals surface area (Å²) >= 11 is 2.56. The molecule has 1 atom stereocenters. The van der Waals surface area contributed by atoms with Crippen molar-refractivity contribution >= 4 is 44.9 Å². The number of amides is 2. The monoisotopic (exact) mass is 391 g/mol. The van der Waals surface area contributed by atoms with E-state index in [2.05, 4.69) is 10.0 Å². The van der Waals surface area contributed by atoms with Crippen molar-refractivity contribution in [3.05, 3.63) is 17.5 Å². The molecule has 1 aliphatic heterocycles. The molecule has 2 rings (SSSR count). The molecule has 1 aliphatic rings. The highest BCUT2D eigenvalue weighted by atomic mass is 32.2. The minimum Gasteiger partial charge on any atom is -0.350 e. The fraction of sp³-hybridized carbons (Fsp3) is 0.571. The summed E-state index contributed by atoms with van der Waals surface area (Å²) in [5, 5.41) is 4.51. The Morgan fingerprint density at radius 3 is 2.67 bits per heavy atom. The van der Waals surface area contributed by atoms with Crippen LogP contribution in [0.2, 0.25) is 0 Å². The number of sulfonamides is 1. The lowest BCUT2D eigenvalue weighted by Gasteiger charge is -2.27. The van der Waals surface area contributed by atoms with E-state index >= 15 is 0 Å². The second kappa shape index (κ2) is 7.42. The van der Waals surface area contributed by atoms with Gasteiger partial charge in [0.2, 0.25) is 11.8 Å². The molecule has 134 valence electrons. The van der Waals surface area contributed by atoms with Crippen LogP contribution in [-0.2, 0) is 19.6 Å². The Balaban J connectivity index is 1.97. The Bertz CT molecular complexity index is 695. The molecular formula is C14H21N3O4S3. The predicted molar refractivity (Wildman–Crippen MR) is 95.4 cm³/mol. The smallest absolute Gasteiger partial charge is 0.250 e. The lowest BCUT2D eigenvalue weighted by Crippen LogP contribution is -2.53. The average Bonchev–Trinajstić information content (AvgIpc) is 3.13. The minimum absolute atomic E-state index is 0.160. The highest BCUT2D eigenvalue weighted by Gasteiger charge is 2.36. The highest BCUT2D eigenvalue weighted by Crippen LogP contribution is 2.22. The van der Waals surface area contributed by atoms with Gasteiger partial charge in [-0.05, 0) is 32.2 Å². The lowest BCUT2D eigenvalue weighted by molar-refractivity contribution is -0.137. The minimum atomic E-state index is -3.69. The van der Waals surface area contributed by atoms with Crippen LogP contribution in [0.4, 0.5) is 0 Å². The lowest BCUT2D eigenvalue weighted by atomic mass is 10.1. The van der Waals surface area contributed by atoms with Gasteiger partial charge in [-0.25, -0.2) is 13.1 Å². The molecule has 2 N–H and O–H groups in total. The number of carbonyl (C=O) groups excluding carboxylic acids is 2. The van der Waals surface area contributed by atoms with Crippen LogP contribution in [-0.4, -0.2) is 54.9 Å². The molecule has 0 aromatic carbocycles. The maximum atomic E-state index is 12.4. The van der Waals surface area contributed by atoms with Crippen LogP contribution in [0.5, 0.6) is 0 Å². The maximum absolute atomic E-state index is 12.4. The van der Waals surface area contributed by atoms with E-state index in [9.17, 15) is 18.0 Å². The summed E-state index contributed by atoms with van der Waals surface area (Å²) in [7, 11) is -3.69. The number of nitrogens with zero attached hydrogens (tertiary/aromatic N) is 1. The summed E-state index contributed by atoms with van der Waals surface area (Å²) in [5.74, 6) is 0.254. The van der Waals surface area contributed by atoms with Gasteiger partial charge in [0, 0.05) is 11.3 Å². The van der Waals surface area contributed by atoms with Gasteiger partial charge in [-0.15, -0.1) is 23.1 Å². The zero-order valence-corrected chi connectivity index (χ0v) is 16.2. The summed E-state index contributed by atoms with van der Waals surface area (Å²) in [6.07, 6.45) is 0. The topological polar surface area (TPSA) is 95.6 Å². The Morgan fingerprint density at radius 1 is 1.38 bits per heavy atom. The molecule has 1 unspecified atom stereocenters. The van der Waals surface area contributed by atoms with Gasteiger partial charge in [0.15, 0.2) is 0 Å². The molecule has 7 nitrogen and oxygen atoms in total. The number of hydrogen-bond acceptors (Lipinski definition) is 6. The molecule has 2 amide bonds. The third-order valence-corrected chi connectivity index (χ3v) is 6.99. The zero-order chi connectivity index (χ0) is 18.0. The fourth-order valence-corrected chi connectivity index (χ4v) is 5.30. The van der Waals surface area contributed by atoms with Gasteiger partial charge in [0.25, 0.3) is 10.0 Å². The fourth-order valence-electron chi connectivity index (χ4n) is 2.10. The van der Waals surface area contributed by atoms with Crippen LogP contribution < -0.4 is 10.0 Å². The zero-order valence-electron chi connectivity index (χ0n) is 13.7. The van der Waals surface area contributed by atoms with Crippen molar-refractivity contribution in [1.82, 2.24) is 14.9 Å². The third kappa shape index (κ3) is 4.95. The van der Waals surface area contributed by atoms with E-state index in [1.54, 1.807) is 11.4 Å². The van der Waals surface area contributed by atoms with E-state index in [0.29, 0.717) is 11.6 Å². The molecule has 0 saturated carbocycles. The van der Waals surface area contributed by atoms with Crippen LogP contribution in [0, 0.1) is 0 Å². The summed E-state index contributed by atoms with van der Waals surface area (Å²) in [6.45, 7) is 5.25. The first-order valence-electron chi connectivity index (χ1n) is 7.32. The van der Waals surface area contributed by atoms with Gasteiger partial charge in [-0.1, -0.05) is 6.07 Å². The average molecular weight is 392 g/mol. The van der Waals surface area contributed by atoms with Crippen molar-refractivity contribution in [2.24, 2.45) is 0 Å². The normalized spacial score (nSPS) is 18.6. The van der Waals surface area contributed by atoms with Crippen molar-refractivity contribution < 1.29 is 18.0 Å². The molecule has 1 aromatic rings. The summed E-state index contributed by atoms with van der Waals surface area (Å²) in [6, 6.07) is 2.53. The highest BCUT2D eigenvalue weighted by molar-refractivity contribution is 7.99. The number of rotatable bonds is 5. The van der Waals surface area contributed by atoms with Gasteiger partial charge in [0.1, 0.15) is 10.3 Å². The van der Waals surface area contributed by atoms with Crippen molar-refractivity contribution in [1.29, 1.82) is 0 Å². The van der Waals surface area contributed by atoms with E-state index in [0.717, 1.165) is 11.3 Å². The van der Waals surface area contributed by atoms with E-state index in [4.69, 9.17) is 0 Å². The van der Waals surface area contributed by atoms with Crippen LogP contribution in [0.25, 0.3) is 0 Å². The second-order valence-corrected chi connectivity index (χ2v) is 10.3. The summed E-state index contributed by atoms with van der Waals surface area (Å²) in [4.78, 5) is 26.1. The Labute approximate surface area is 150 Å². The molecular weight excluding hydrogens is 370 g/mol. The second-order valence-electron chi connectivity index (χ2n) is 6.38. The quantitative estimate of drug-likeness (QED) is 0.776. The predicted octanol–water partition coefficient (Wildman–Crippen LogP) is 0.843. The van der Waals surface area contributed by atoms with E-state index < -0.39 is 22.0 Å². The molecule has 24 heavy (non-hydrogen) atoms. The van der Waals surface area contributed by atoms with E-state index in [1.807, 2.05) is 20.8 Å². The number of hydrogen-bond donors (Lipinski definition) is 2. The van der Waals surface area contributed by atoms with E-state index in [-0.39, 0.29) is 22.2 Å². The van der Waals surface area contributed by atoms with Gasteiger partial charge in [-0.3, -0.25) is 9.59 Å². The standard InChI is InChI=1S/C14H21N3O4S3/c1-14(2,3)16-13(19)10-8-22-9-17(10)11(18)7-15-24(20,21)12-5-4-6-23-12/h4-6,10,15H,7-9H2,1-3H3,(H,16,19). The van der Waals surface area contributed by atoms with Crippen molar-refractivity contribution in [3.8, 4) is 0 Å². The number of thioether (sulfide) groups is 1. The Kier molecular flexibility index (Phi) is 5.95. The first-order valence-corrected chi connectivity index (χ1v) is 10.8. The first kappa shape index (κ1) is 19.2. The van der Waals surface area contributed by atoms with Gasteiger partial charge < -0.3 is 10.2 Å². The first-order chi connectivity index (χ1) is 11.1. The molecule has 0 radical (unpaired) electrons. The molecule has 2 heterocycles. The Hall–Kier alpha value is -1.10. The van der Waals surface area contributed by atoms with Crippen LogP contribution in [0.3, 0.4) is 0 Å². The molecule has 0 bridgehead atoms. The van der Waals surface area contributed by atoms with Crippen molar-refractivity contribution in [3.63, 3.8) is 0 Å². The largest absolute Gasteiger partial charge is 0.350 e. The van der Waals surface area contributed by atoms with Crippen LogP contribution in [0.15, 0.2) is 21.7 Å². The van der Waals surface area contributed by atoms with Crippen molar-refractivity contribution in [2.75, 3.05) is 18.2 Å². The third-order valence-electron chi connectivity index (χ3n) is 3.18. The number of nitrogens with one attached hydrogen (secondary N) is 2. The van der Waals surface area contributed by atoms with E-state index in [1.165, 1.54) is 22.7 Å². The van der Waals surface area contributed by atoms with Crippen LogP contribution in [0.1, 0.15) is 20.8 Å². The molecule has 10 heteroatoms. The van der Waals surface area contributed by atoms with Gasteiger partial charge in [-0.2, -0.15) is 0 Å². The number of carbonyl (C=O) groups is 2. The SMILES string of the molecule is CC(C)(C)NC(=O)C1CSCN1C(=O)CNS(=O)(=O)c1cccs1. The molecule has 1 fully saturated rings. The van der Waals surface area contributed by atoms with Gasteiger partial charge in [0.05, 0.1) is 12.4 Å². The van der Waals surface area contributed by atoms with Gasteiger partial charge >= 0.3 is 0 Å². The molecule has 0 spiro atoms. The number of thiophene rings is 1. The molecule has 1 saturated heterocycles. The molecule has 0 aliphatic carbocycles. The summed E-state index contributed by atoms with van der Waals surface area (Å²) < 4.78 is 26.6.